The zero-order valence-corrected chi connectivity index (χ0v) is 20.0. The van der Waals surface area contributed by atoms with Crippen LogP contribution in [-0.4, -0.2) is 40.4 Å². The van der Waals surface area contributed by atoms with E-state index in [0.29, 0.717) is 17.1 Å². The minimum atomic E-state index is -1.84. The molecule has 9 heteroatoms. The van der Waals surface area contributed by atoms with Gasteiger partial charge in [-0.3, -0.25) is 9.59 Å². The second-order valence-corrected chi connectivity index (χ2v) is 9.51. The maximum atomic E-state index is 14.5. The quantitative estimate of drug-likeness (QED) is 0.417. The van der Waals surface area contributed by atoms with Gasteiger partial charge in [0.25, 0.3) is 5.91 Å². The predicted octanol–water partition coefficient (Wildman–Crippen LogP) is 4.64. The van der Waals surface area contributed by atoms with Gasteiger partial charge in [-0.25, -0.2) is 13.5 Å². The van der Waals surface area contributed by atoms with Crippen molar-refractivity contribution in [1.82, 2.24) is 15.1 Å². The molecule has 2 fully saturated rings. The molecule has 6 rings (SSSR count). The number of aromatic nitrogens is 2. The lowest BCUT2D eigenvalue weighted by molar-refractivity contribution is -0.128. The highest BCUT2D eigenvalue weighted by atomic mass is 19.1. The second-order valence-electron chi connectivity index (χ2n) is 9.51. The van der Waals surface area contributed by atoms with Gasteiger partial charge in [-0.15, -0.1) is 0 Å². The number of amides is 2. The average Bonchev–Trinajstić information content (AvgIpc) is 3.39. The molecule has 1 saturated carbocycles. The van der Waals surface area contributed by atoms with Crippen molar-refractivity contribution in [2.75, 3.05) is 12.0 Å². The van der Waals surface area contributed by atoms with Crippen LogP contribution >= 0.6 is 0 Å². The van der Waals surface area contributed by atoms with Gasteiger partial charge in [-0.2, -0.15) is 5.10 Å². The summed E-state index contributed by atoms with van der Waals surface area (Å²) in [5.74, 6) is -0.578. The number of anilines is 1. The van der Waals surface area contributed by atoms with Gasteiger partial charge in [-0.05, 0) is 73.0 Å². The van der Waals surface area contributed by atoms with E-state index in [1.165, 1.54) is 12.1 Å². The monoisotopic (exact) mass is 502 g/mol. The summed E-state index contributed by atoms with van der Waals surface area (Å²) >= 11 is 0. The number of benzene rings is 3. The van der Waals surface area contributed by atoms with Gasteiger partial charge in [0.05, 0.1) is 36.6 Å². The van der Waals surface area contributed by atoms with E-state index in [-0.39, 0.29) is 31.0 Å². The van der Waals surface area contributed by atoms with Crippen molar-refractivity contribution in [2.24, 2.45) is 0 Å². The number of hydrogen-bond acceptors (Lipinski definition) is 4. The number of fused-ring (bicyclic) bond motifs is 1. The SMILES string of the molecule is COc1cccc([C@@H]2[C@@H](NC(=O)C3(F)CC3)CC(=O)N2c2ccc3c(cnn3-c3ccc(F)cc3)c2)c1. The summed E-state index contributed by atoms with van der Waals surface area (Å²) in [6, 6.07) is 17.7. The number of carbonyl (C=O) groups excluding carboxylic acids is 2. The summed E-state index contributed by atoms with van der Waals surface area (Å²) in [5, 5.41) is 8.03. The molecule has 1 N–H and O–H groups in total. The molecule has 2 aliphatic rings. The van der Waals surface area contributed by atoms with E-state index in [1.54, 1.807) is 41.1 Å². The summed E-state index contributed by atoms with van der Waals surface area (Å²) in [4.78, 5) is 27.6. The average molecular weight is 503 g/mol. The third kappa shape index (κ3) is 4.10. The molecule has 4 aromatic rings. The third-order valence-corrected chi connectivity index (χ3v) is 7.07. The van der Waals surface area contributed by atoms with E-state index >= 15 is 0 Å². The van der Waals surface area contributed by atoms with E-state index in [1.807, 2.05) is 36.4 Å². The molecule has 0 bridgehead atoms. The van der Waals surface area contributed by atoms with Crippen molar-refractivity contribution < 1.29 is 23.1 Å². The molecule has 0 spiro atoms. The molecule has 3 aromatic carbocycles. The lowest BCUT2D eigenvalue weighted by Gasteiger charge is -2.29. The number of nitrogens with zero attached hydrogens (tertiary/aromatic N) is 3. The molecule has 2 atom stereocenters. The number of rotatable bonds is 6. The Hall–Kier alpha value is -4.27. The Morgan fingerprint density at radius 2 is 1.84 bits per heavy atom. The van der Waals surface area contributed by atoms with E-state index in [9.17, 15) is 18.4 Å². The summed E-state index contributed by atoms with van der Waals surface area (Å²) < 4.78 is 35.0. The summed E-state index contributed by atoms with van der Waals surface area (Å²) in [6.45, 7) is 0. The molecular formula is C28H24F2N4O3. The molecule has 1 aliphatic heterocycles. The van der Waals surface area contributed by atoms with Crippen molar-refractivity contribution in [3.05, 3.63) is 84.3 Å². The van der Waals surface area contributed by atoms with Gasteiger partial charge >= 0.3 is 0 Å². The molecule has 188 valence electrons. The Balaban J connectivity index is 1.39. The molecule has 37 heavy (non-hydrogen) atoms. The van der Waals surface area contributed by atoms with Crippen molar-refractivity contribution in [3.8, 4) is 11.4 Å². The maximum Gasteiger partial charge on any atom is 0.257 e. The largest absolute Gasteiger partial charge is 0.497 e. The Kier molecular flexibility index (Phi) is 5.43. The first-order valence-electron chi connectivity index (χ1n) is 12.1. The van der Waals surface area contributed by atoms with Crippen molar-refractivity contribution in [3.63, 3.8) is 0 Å². The van der Waals surface area contributed by atoms with Gasteiger partial charge in [0.2, 0.25) is 5.91 Å². The number of hydrogen-bond donors (Lipinski definition) is 1. The van der Waals surface area contributed by atoms with Gasteiger partial charge in [-0.1, -0.05) is 12.1 Å². The van der Waals surface area contributed by atoms with E-state index < -0.39 is 23.7 Å². The fourth-order valence-electron chi connectivity index (χ4n) is 4.97. The molecule has 1 aliphatic carbocycles. The van der Waals surface area contributed by atoms with Crippen LogP contribution in [0.3, 0.4) is 0 Å². The molecule has 2 heterocycles. The van der Waals surface area contributed by atoms with Crippen LogP contribution in [0.4, 0.5) is 14.5 Å². The predicted molar refractivity (Wildman–Crippen MR) is 134 cm³/mol. The van der Waals surface area contributed by atoms with Crippen LogP contribution in [0.1, 0.15) is 30.9 Å². The van der Waals surface area contributed by atoms with Crippen molar-refractivity contribution in [2.45, 2.75) is 37.0 Å². The number of ether oxygens (including phenoxy) is 1. The van der Waals surface area contributed by atoms with Crippen LogP contribution in [-0.2, 0) is 9.59 Å². The molecule has 0 radical (unpaired) electrons. The Labute approximate surface area is 211 Å². The zero-order valence-electron chi connectivity index (χ0n) is 20.0. The van der Waals surface area contributed by atoms with Crippen LogP contribution in [0.2, 0.25) is 0 Å². The van der Waals surface area contributed by atoms with Crippen LogP contribution in [0.15, 0.2) is 72.9 Å². The lowest BCUT2D eigenvalue weighted by atomic mass is 9.98. The van der Waals surface area contributed by atoms with Crippen LogP contribution in [0.25, 0.3) is 16.6 Å². The smallest absolute Gasteiger partial charge is 0.257 e. The first kappa shape index (κ1) is 23.1. The van der Waals surface area contributed by atoms with Crippen molar-refractivity contribution in [1.29, 1.82) is 0 Å². The number of carbonyl (C=O) groups is 2. The topological polar surface area (TPSA) is 76.5 Å². The van der Waals surface area contributed by atoms with E-state index in [0.717, 1.165) is 16.5 Å². The van der Waals surface area contributed by atoms with Crippen molar-refractivity contribution >= 4 is 28.4 Å². The van der Waals surface area contributed by atoms with Gasteiger partial charge in [0.1, 0.15) is 11.6 Å². The Morgan fingerprint density at radius 1 is 1.08 bits per heavy atom. The van der Waals surface area contributed by atoms with Crippen LogP contribution < -0.4 is 15.0 Å². The van der Waals surface area contributed by atoms with Gasteiger partial charge < -0.3 is 15.0 Å². The molecule has 1 saturated heterocycles. The van der Waals surface area contributed by atoms with Crippen LogP contribution in [0, 0.1) is 5.82 Å². The normalized spacial score (nSPS) is 20.3. The molecule has 1 aromatic heterocycles. The highest BCUT2D eigenvalue weighted by molar-refractivity contribution is 6.00. The molecule has 2 amide bonds. The number of halogens is 2. The van der Waals surface area contributed by atoms with E-state index in [4.69, 9.17) is 4.74 Å². The fraction of sp³-hybridized carbons (Fsp3) is 0.250. The molecular weight excluding hydrogens is 478 g/mol. The minimum Gasteiger partial charge on any atom is -0.497 e. The zero-order chi connectivity index (χ0) is 25.7. The molecule has 0 unspecified atom stereocenters. The first-order valence-corrected chi connectivity index (χ1v) is 12.1. The molecule has 7 nitrogen and oxygen atoms in total. The summed E-state index contributed by atoms with van der Waals surface area (Å²) in [5.41, 5.74) is 1.04. The summed E-state index contributed by atoms with van der Waals surface area (Å²) in [7, 11) is 1.56. The van der Waals surface area contributed by atoms with Gasteiger partial charge in [0.15, 0.2) is 5.67 Å². The number of methoxy groups -OCH3 is 1. The highest BCUT2D eigenvalue weighted by Gasteiger charge is 2.53. The number of nitrogens with one attached hydrogen (secondary N) is 1. The fourth-order valence-corrected chi connectivity index (χ4v) is 4.97. The second kappa shape index (κ2) is 8.69. The first-order chi connectivity index (χ1) is 17.9. The highest BCUT2D eigenvalue weighted by Crippen LogP contribution is 2.43. The third-order valence-electron chi connectivity index (χ3n) is 7.07. The number of alkyl halides is 1. The van der Waals surface area contributed by atoms with Crippen LogP contribution in [0.5, 0.6) is 5.75 Å². The summed E-state index contributed by atoms with van der Waals surface area (Å²) in [6.07, 6.45) is 2.11. The van der Waals surface area contributed by atoms with Gasteiger partial charge in [0, 0.05) is 17.5 Å². The lowest BCUT2D eigenvalue weighted by Crippen LogP contribution is -2.44. The minimum absolute atomic E-state index is 0.0383. The van der Waals surface area contributed by atoms with E-state index in [2.05, 4.69) is 10.4 Å². The standard InChI is InChI=1S/C28H24F2N4O3/c1-37-22-4-2-3-17(14-22)26-23(32-27(36)28(30)11-12-28)15-25(35)33(26)21-9-10-24-18(13-21)16-31-34(24)20-7-5-19(29)6-8-20/h2-10,13-14,16,23,26H,11-12,15H2,1H3,(H,32,36)/t23-,26+/m0/s1. The Morgan fingerprint density at radius 3 is 2.57 bits per heavy atom. The maximum absolute atomic E-state index is 14.5. The Bertz CT molecular complexity index is 1510.